The highest BCUT2D eigenvalue weighted by atomic mass is 79.9. The van der Waals surface area contributed by atoms with Gasteiger partial charge in [0.05, 0.1) is 17.5 Å². The minimum Gasteiger partial charge on any atom is -0.481 e. The average molecular weight is 616 g/mol. The maximum Gasteiger partial charge on any atom is 0.305 e. The van der Waals surface area contributed by atoms with E-state index < -0.39 is 5.97 Å². The van der Waals surface area contributed by atoms with Crippen molar-refractivity contribution in [3.8, 4) is 0 Å². The number of fused-ring (bicyclic) bond motifs is 1. The maximum absolute atomic E-state index is 12.2. The van der Waals surface area contributed by atoms with Crippen LogP contribution < -0.4 is 10.6 Å². The monoisotopic (exact) mass is 613 g/mol. The van der Waals surface area contributed by atoms with Crippen molar-refractivity contribution in [2.45, 2.75) is 25.8 Å². The SMILES string of the molecule is Br.Br.Br.CC1CNCCN1CCc1nc2cc(C(=O)NCCC(=O)O)ccc2n1C. The first kappa shape index (κ1) is 29.0. The van der Waals surface area contributed by atoms with E-state index in [1.807, 2.05) is 13.1 Å². The van der Waals surface area contributed by atoms with Gasteiger partial charge in [-0.25, -0.2) is 4.98 Å². The standard InChI is InChI=1S/C19H27N5O3.3BrH/c1-13-12-20-8-10-24(13)9-6-17-22-15-11-14(3-4-16(15)23(17)2)19(27)21-7-5-18(25)26;;;/h3-4,11,13,20H,5-10,12H2,1-2H3,(H,21,27)(H,25,26);3*1H. The van der Waals surface area contributed by atoms with Crippen LogP contribution in [0.25, 0.3) is 11.0 Å². The van der Waals surface area contributed by atoms with Crippen LogP contribution in [0.4, 0.5) is 0 Å². The van der Waals surface area contributed by atoms with Gasteiger partial charge >= 0.3 is 5.97 Å². The van der Waals surface area contributed by atoms with Gasteiger partial charge in [0.1, 0.15) is 5.82 Å². The third kappa shape index (κ3) is 7.30. The van der Waals surface area contributed by atoms with E-state index in [0.29, 0.717) is 11.6 Å². The molecule has 0 bridgehead atoms. The van der Waals surface area contributed by atoms with Crippen LogP contribution in [0.15, 0.2) is 18.2 Å². The summed E-state index contributed by atoms with van der Waals surface area (Å²) in [5.41, 5.74) is 2.26. The Kier molecular flexibility index (Phi) is 13.0. The fraction of sp³-hybridized carbons (Fsp3) is 0.526. The van der Waals surface area contributed by atoms with E-state index in [-0.39, 0.29) is 69.8 Å². The Morgan fingerprint density at radius 1 is 1.30 bits per heavy atom. The van der Waals surface area contributed by atoms with Crippen molar-refractivity contribution >= 4 is 73.9 Å². The molecule has 1 fully saturated rings. The van der Waals surface area contributed by atoms with Crippen molar-refractivity contribution in [1.29, 1.82) is 0 Å². The molecule has 1 aliphatic heterocycles. The molecule has 170 valence electrons. The number of carboxylic acids is 1. The van der Waals surface area contributed by atoms with Crippen molar-refractivity contribution in [3.63, 3.8) is 0 Å². The quantitative estimate of drug-likeness (QED) is 0.442. The number of aliphatic carboxylic acids is 1. The lowest BCUT2D eigenvalue weighted by atomic mass is 10.2. The number of amides is 1. The van der Waals surface area contributed by atoms with Crippen LogP contribution in [-0.2, 0) is 18.3 Å². The highest BCUT2D eigenvalue weighted by Gasteiger charge is 2.19. The number of carboxylic acid groups (broad SMARTS) is 1. The normalized spacial score (nSPS) is 16.1. The van der Waals surface area contributed by atoms with E-state index in [0.717, 1.165) is 49.5 Å². The predicted octanol–water partition coefficient (Wildman–Crippen LogP) is 2.35. The van der Waals surface area contributed by atoms with E-state index in [4.69, 9.17) is 10.1 Å². The topological polar surface area (TPSA) is 99.5 Å². The number of nitrogens with one attached hydrogen (secondary N) is 2. The van der Waals surface area contributed by atoms with Crippen LogP contribution in [0.2, 0.25) is 0 Å². The molecule has 2 heterocycles. The predicted molar refractivity (Wildman–Crippen MR) is 134 cm³/mol. The van der Waals surface area contributed by atoms with Crippen molar-refractivity contribution < 1.29 is 14.7 Å². The summed E-state index contributed by atoms with van der Waals surface area (Å²) in [5, 5.41) is 14.7. The fourth-order valence-corrected chi connectivity index (χ4v) is 3.46. The molecule has 2 aromatic rings. The van der Waals surface area contributed by atoms with Gasteiger partial charge in [0.15, 0.2) is 0 Å². The summed E-state index contributed by atoms with van der Waals surface area (Å²) in [5.74, 6) is -0.210. The van der Waals surface area contributed by atoms with Gasteiger partial charge in [-0.1, -0.05) is 0 Å². The molecule has 3 N–H and O–H groups in total. The summed E-state index contributed by atoms with van der Waals surface area (Å²) in [4.78, 5) is 29.9. The second-order valence-electron chi connectivity index (χ2n) is 7.03. The molecule has 3 rings (SSSR count). The van der Waals surface area contributed by atoms with Crippen LogP contribution in [0.5, 0.6) is 0 Å². The highest BCUT2D eigenvalue weighted by molar-refractivity contribution is 8.93. The number of hydrogen-bond acceptors (Lipinski definition) is 5. The Bertz CT molecular complexity index is 846. The van der Waals surface area contributed by atoms with Gasteiger partial charge < -0.3 is 20.3 Å². The van der Waals surface area contributed by atoms with E-state index >= 15 is 0 Å². The third-order valence-corrected chi connectivity index (χ3v) is 5.12. The lowest BCUT2D eigenvalue weighted by molar-refractivity contribution is -0.136. The zero-order valence-electron chi connectivity index (χ0n) is 17.1. The number of nitrogens with zero attached hydrogens (tertiary/aromatic N) is 3. The lowest BCUT2D eigenvalue weighted by Crippen LogP contribution is -2.50. The Morgan fingerprint density at radius 3 is 2.70 bits per heavy atom. The van der Waals surface area contributed by atoms with Gasteiger partial charge in [0, 0.05) is 57.8 Å². The van der Waals surface area contributed by atoms with Crippen molar-refractivity contribution in [2.75, 3.05) is 32.7 Å². The number of aromatic nitrogens is 2. The highest BCUT2D eigenvalue weighted by Crippen LogP contribution is 2.18. The zero-order chi connectivity index (χ0) is 19.4. The molecule has 0 radical (unpaired) electrons. The number of carbonyl (C=O) groups excluding carboxylic acids is 1. The van der Waals surface area contributed by atoms with Gasteiger partial charge in [0.25, 0.3) is 5.91 Å². The Labute approximate surface area is 208 Å². The van der Waals surface area contributed by atoms with E-state index in [1.54, 1.807) is 12.1 Å². The molecular formula is C19H30Br3N5O3. The van der Waals surface area contributed by atoms with Crippen LogP contribution in [-0.4, -0.2) is 70.2 Å². The smallest absolute Gasteiger partial charge is 0.305 e. The van der Waals surface area contributed by atoms with Crippen molar-refractivity contribution in [1.82, 2.24) is 25.1 Å². The first-order valence-corrected chi connectivity index (χ1v) is 9.36. The van der Waals surface area contributed by atoms with Crippen LogP contribution in [0.1, 0.15) is 29.5 Å². The van der Waals surface area contributed by atoms with Gasteiger partial charge in [-0.2, -0.15) is 0 Å². The molecule has 1 aromatic heterocycles. The van der Waals surface area contributed by atoms with Crippen molar-refractivity contribution in [2.24, 2.45) is 7.05 Å². The molecule has 1 amide bonds. The number of hydrogen-bond donors (Lipinski definition) is 3. The summed E-state index contributed by atoms with van der Waals surface area (Å²) in [6.07, 6.45) is 0.766. The second kappa shape index (κ2) is 13.4. The first-order valence-electron chi connectivity index (χ1n) is 9.36. The van der Waals surface area contributed by atoms with E-state index in [9.17, 15) is 9.59 Å². The van der Waals surface area contributed by atoms with Crippen molar-refractivity contribution in [3.05, 3.63) is 29.6 Å². The van der Waals surface area contributed by atoms with Gasteiger partial charge in [-0.05, 0) is 25.1 Å². The Morgan fingerprint density at radius 2 is 2.03 bits per heavy atom. The van der Waals surface area contributed by atoms with E-state index in [1.165, 1.54) is 0 Å². The molecule has 0 spiro atoms. The Hall–Kier alpha value is -1.01. The number of rotatable bonds is 7. The molecule has 30 heavy (non-hydrogen) atoms. The molecule has 1 saturated heterocycles. The summed E-state index contributed by atoms with van der Waals surface area (Å²) < 4.78 is 2.08. The molecule has 0 aliphatic carbocycles. The van der Waals surface area contributed by atoms with Crippen LogP contribution >= 0.6 is 50.9 Å². The largest absolute Gasteiger partial charge is 0.481 e. The van der Waals surface area contributed by atoms with Gasteiger partial charge in [-0.15, -0.1) is 50.9 Å². The van der Waals surface area contributed by atoms with Gasteiger partial charge in [0.2, 0.25) is 0 Å². The Balaban J connectivity index is 0.00000280. The zero-order valence-corrected chi connectivity index (χ0v) is 22.2. The third-order valence-electron chi connectivity index (χ3n) is 5.12. The summed E-state index contributed by atoms with van der Waals surface area (Å²) in [6, 6.07) is 5.94. The molecule has 0 saturated carbocycles. The van der Waals surface area contributed by atoms with Crippen LogP contribution in [0.3, 0.4) is 0 Å². The molecule has 1 aliphatic rings. The number of halogens is 3. The van der Waals surface area contributed by atoms with Gasteiger partial charge in [-0.3, -0.25) is 14.5 Å². The minimum absolute atomic E-state index is 0. The second-order valence-corrected chi connectivity index (χ2v) is 7.03. The summed E-state index contributed by atoms with van der Waals surface area (Å²) >= 11 is 0. The molecule has 1 atom stereocenters. The molecular weight excluding hydrogens is 586 g/mol. The first-order chi connectivity index (χ1) is 13.0. The molecule has 1 aromatic carbocycles. The number of carbonyl (C=O) groups is 2. The molecule has 1 unspecified atom stereocenters. The average Bonchev–Trinajstić information content (AvgIpc) is 2.96. The summed E-state index contributed by atoms with van der Waals surface area (Å²) in [6.45, 7) is 6.39. The number of aryl methyl sites for hydroxylation is 1. The summed E-state index contributed by atoms with van der Waals surface area (Å²) in [7, 11) is 2.00. The number of piperazine rings is 1. The fourth-order valence-electron chi connectivity index (χ4n) is 3.46. The maximum atomic E-state index is 12.2. The minimum atomic E-state index is -0.932. The molecule has 11 heteroatoms. The van der Waals surface area contributed by atoms with Crippen LogP contribution in [0, 0.1) is 0 Å². The molecule has 8 nitrogen and oxygen atoms in total. The lowest BCUT2D eigenvalue weighted by Gasteiger charge is -2.33. The number of benzene rings is 1. The number of imidazole rings is 1. The van der Waals surface area contributed by atoms with E-state index in [2.05, 4.69) is 27.0 Å².